The Hall–Kier alpha value is -2.33. The van der Waals surface area contributed by atoms with Crippen LogP contribution >= 0.6 is 0 Å². The molecule has 10 nitrogen and oxygen atoms in total. The standard InChI is InChI=1S/C13H20N2O8/c1-2-11(16)14-3-4-15-12(17)21-5-6-22-13(18)23-10-7-19-9-20-8-10/h2,10H,1,3-9H2,(H,14,16)(H,15,17). The van der Waals surface area contributed by atoms with Crippen LogP contribution in [-0.4, -0.2) is 70.6 Å². The van der Waals surface area contributed by atoms with Crippen molar-refractivity contribution in [3.63, 3.8) is 0 Å². The minimum atomic E-state index is -0.889. The van der Waals surface area contributed by atoms with Crippen molar-refractivity contribution >= 4 is 18.2 Å². The smallest absolute Gasteiger partial charge is 0.446 e. The molecule has 0 radical (unpaired) electrons. The molecule has 1 heterocycles. The van der Waals surface area contributed by atoms with E-state index in [1.807, 2.05) is 0 Å². The van der Waals surface area contributed by atoms with E-state index in [0.717, 1.165) is 6.08 Å². The lowest BCUT2D eigenvalue weighted by molar-refractivity contribution is -0.157. The van der Waals surface area contributed by atoms with Crippen LogP contribution in [0.1, 0.15) is 0 Å². The van der Waals surface area contributed by atoms with Crippen LogP contribution in [0.5, 0.6) is 0 Å². The van der Waals surface area contributed by atoms with Gasteiger partial charge >= 0.3 is 12.2 Å². The number of carbonyl (C=O) groups is 3. The van der Waals surface area contributed by atoms with Gasteiger partial charge in [0.2, 0.25) is 5.91 Å². The first kappa shape index (κ1) is 18.7. The maximum Gasteiger partial charge on any atom is 0.508 e. The third kappa shape index (κ3) is 9.32. The van der Waals surface area contributed by atoms with Crippen molar-refractivity contribution in [2.45, 2.75) is 6.10 Å². The van der Waals surface area contributed by atoms with Crippen molar-refractivity contribution in [3.05, 3.63) is 12.7 Å². The lowest BCUT2D eigenvalue weighted by Crippen LogP contribution is -2.35. The summed E-state index contributed by atoms with van der Waals surface area (Å²) < 4.78 is 24.3. The highest BCUT2D eigenvalue weighted by molar-refractivity contribution is 5.86. The summed E-state index contributed by atoms with van der Waals surface area (Å²) in [7, 11) is 0. The van der Waals surface area contributed by atoms with Crippen molar-refractivity contribution in [1.29, 1.82) is 0 Å². The Morgan fingerprint density at radius 2 is 1.74 bits per heavy atom. The van der Waals surface area contributed by atoms with Crippen LogP contribution in [-0.2, 0) is 28.5 Å². The summed E-state index contributed by atoms with van der Waals surface area (Å²) in [6.45, 7) is 4.12. The predicted octanol–water partition coefficient (Wildman–Crippen LogP) is -0.459. The molecule has 0 unspecified atom stereocenters. The van der Waals surface area contributed by atoms with Crippen LogP contribution in [0.4, 0.5) is 9.59 Å². The molecule has 0 bridgehead atoms. The van der Waals surface area contributed by atoms with Crippen molar-refractivity contribution in [1.82, 2.24) is 10.6 Å². The predicted molar refractivity (Wildman–Crippen MR) is 75.5 cm³/mol. The molecule has 0 aromatic carbocycles. The maximum atomic E-state index is 11.3. The summed E-state index contributed by atoms with van der Waals surface area (Å²) in [6.07, 6.45) is -0.962. The van der Waals surface area contributed by atoms with Gasteiger partial charge in [0, 0.05) is 13.1 Å². The molecule has 0 saturated carbocycles. The third-order valence-electron chi connectivity index (χ3n) is 2.45. The monoisotopic (exact) mass is 332 g/mol. The van der Waals surface area contributed by atoms with Gasteiger partial charge in [0.05, 0.1) is 13.2 Å². The van der Waals surface area contributed by atoms with Crippen molar-refractivity contribution in [3.8, 4) is 0 Å². The Labute approximate surface area is 133 Å². The second-order valence-corrected chi connectivity index (χ2v) is 4.26. The van der Waals surface area contributed by atoms with Gasteiger partial charge in [-0.2, -0.15) is 0 Å². The second-order valence-electron chi connectivity index (χ2n) is 4.26. The van der Waals surface area contributed by atoms with E-state index < -0.39 is 18.4 Å². The molecule has 2 amide bonds. The quantitative estimate of drug-likeness (QED) is 0.348. The highest BCUT2D eigenvalue weighted by atomic mass is 16.8. The first-order valence-electron chi connectivity index (χ1n) is 6.91. The highest BCUT2D eigenvalue weighted by Crippen LogP contribution is 2.03. The molecule has 0 aliphatic carbocycles. The molecule has 1 rings (SSSR count). The molecular formula is C13H20N2O8. The fraction of sp³-hybridized carbons (Fsp3) is 0.615. The molecule has 1 aliphatic heterocycles. The van der Waals surface area contributed by atoms with Gasteiger partial charge in [-0.25, -0.2) is 9.59 Å². The van der Waals surface area contributed by atoms with E-state index >= 15 is 0 Å². The molecule has 0 atom stereocenters. The molecule has 130 valence electrons. The first-order chi connectivity index (χ1) is 11.1. The van der Waals surface area contributed by atoms with E-state index in [4.69, 9.17) is 23.7 Å². The van der Waals surface area contributed by atoms with E-state index in [9.17, 15) is 14.4 Å². The van der Waals surface area contributed by atoms with Crippen molar-refractivity contribution in [2.24, 2.45) is 0 Å². The number of hydrogen-bond acceptors (Lipinski definition) is 8. The van der Waals surface area contributed by atoms with Crippen LogP contribution in [0.15, 0.2) is 12.7 Å². The van der Waals surface area contributed by atoms with Crippen molar-refractivity contribution < 1.29 is 38.1 Å². The van der Waals surface area contributed by atoms with Crippen LogP contribution in [0.25, 0.3) is 0 Å². The number of hydrogen-bond donors (Lipinski definition) is 2. The zero-order valence-electron chi connectivity index (χ0n) is 12.6. The molecule has 1 saturated heterocycles. The number of carbonyl (C=O) groups excluding carboxylic acids is 3. The van der Waals surface area contributed by atoms with E-state index in [0.29, 0.717) is 0 Å². The molecule has 10 heteroatoms. The summed E-state index contributed by atoms with van der Waals surface area (Å²) in [5.74, 6) is -0.333. The summed E-state index contributed by atoms with van der Waals surface area (Å²) in [5, 5.41) is 4.88. The Balaban J connectivity index is 1.96. The van der Waals surface area contributed by atoms with Gasteiger partial charge in [-0.15, -0.1) is 0 Å². The first-order valence-corrected chi connectivity index (χ1v) is 6.91. The lowest BCUT2D eigenvalue weighted by atomic mass is 10.4. The van der Waals surface area contributed by atoms with Gasteiger partial charge in [0.15, 0.2) is 6.10 Å². The summed E-state index contributed by atoms with van der Waals surface area (Å²) in [4.78, 5) is 33.4. The molecule has 2 N–H and O–H groups in total. The normalized spacial score (nSPS) is 14.4. The van der Waals surface area contributed by atoms with Gasteiger partial charge in [-0.1, -0.05) is 6.58 Å². The molecule has 23 heavy (non-hydrogen) atoms. The Bertz CT molecular complexity index is 409. The fourth-order valence-corrected chi connectivity index (χ4v) is 1.44. The topological polar surface area (TPSA) is 121 Å². The largest absolute Gasteiger partial charge is 0.508 e. The van der Waals surface area contributed by atoms with Crippen molar-refractivity contribution in [2.75, 3.05) is 46.3 Å². The summed E-state index contributed by atoms with van der Waals surface area (Å²) in [5.41, 5.74) is 0. The average Bonchev–Trinajstić information content (AvgIpc) is 2.56. The van der Waals surface area contributed by atoms with Crippen LogP contribution in [0, 0.1) is 0 Å². The minimum absolute atomic E-state index is 0.127. The zero-order valence-corrected chi connectivity index (χ0v) is 12.6. The Morgan fingerprint density at radius 3 is 2.43 bits per heavy atom. The molecule has 1 aliphatic rings. The number of ether oxygens (including phenoxy) is 5. The molecule has 0 aromatic rings. The minimum Gasteiger partial charge on any atom is -0.446 e. The summed E-state index contributed by atoms with van der Waals surface area (Å²) in [6, 6.07) is 0. The number of rotatable bonds is 8. The van der Waals surface area contributed by atoms with Crippen LogP contribution in [0.2, 0.25) is 0 Å². The van der Waals surface area contributed by atoms with E-state index in [2.05, 4.69) is 17.2 Å². The number of nitrogens with one attached hydrogen (secondary N) is 2. The Kier molecular flexibility index (Phi) is 9.17. The van der Waals surface area contributed by atoms with E-state index in [1.165, 1.54) is 0 Å². The van der Waals surface area contributed by atoms with Gasteiger partial charge in [-0.3, -0.25) is 4.79 Å². The fourth-order valence-electron chi connectivity index (χ4n) is 1.44. The van der Waals surface area contributed by atoms with E-state index in [-0.39, 0.29) is 52.2 Å². The van der Waals surface area contributed by atoms with Gasteiger partial charge in [0.25, 0.3) is 0 Å². The van der Waals surface area contributed by atoms with Gasteiger partial charge in [-0.05, 0) is 6.08 Å². The summed E-state index contributed by atoms with van der Waals surface area (Å²) >= 11 is 0. The molecular weight excluding hydrogens is 312 g/mol. The molecule has 0 aromatic heterocycles. The van der Waals surface area contributed by atoms with Gasteiger partial charge in [0.1, 0.15) is 20.0 Å². The van der Waals surface area contributed by atoms with Gasteiger partial charge < -0.3 is 34.3 Å². The van der Waals surface area contributed by atoms with Crippen LogP contribution in [0.3, 0.4) is 0 Å². The van der Waals surface area contributed by atoms with E-state index in [1.54, 1.807) is 0 Å². The number of amides is 2. The third-order valence-corrected chi connectivity index (χ3v) is 2.45. The molecule has 1 fully saturated rings. The second kappa shape index (κ2) is 11.3. The lowest BCUT2D eigenvalue weighted by Gasteiger charge is -2.21. The average molecular weight is 332 g/mol. The van der Waals surface area contributed by atoms with Crippen LogP contribution < -0.4 is 10.6 Å². The molecule has 0 spiro atoms. The highest BCUT2D eigenvalue weighted by Gasteiger charge is 2.19. The SMILES string of the molecule is C=CC(=O)NCCNC(=O)OCCOC(=O)OC1COCOC1. The zero-order chi connectivity index (χ0) is 16.9. The number of alkyl carbamates (subject to hydrolysis) is 1. The Morgan fingerprint density at radius 1 is 1.09 bits per heavy atom. The maximum absolute atomic E-state index is 11.3.